The number of carbonyl (C=O) groups excluding carboxylic acids is 1. The van der Waals surface area contributed by atoms with E-state index in [0.717, 1.165) is 17.3 Å². The minimum Gasteiger partial charge on any atom is -0.493 e. The molecule has 0 radical (unpaired) electrons. The molecular weight excluding hydrogens is 343 g/mol. The van der Waals surface area contributed by atoms with Crippen LogP contribution in [0.1, 0.15) is 5.56 Å². The van der Waals surface area contributed by atoms with Crippen LogP contribution in [0.15, 0.2) is 52.4 Å². The van der Waals surface area contributed by atoms with Crippen molar-refractivity contribution in [2.24, 2.45) is 4.99 Å². The van der Waals surface area contributed by atoms with Crippen LogP contribution in [0.2, 0.25) is 0 Å². The van der Waals surface area contributed by atoms with Crippen LogP contribution in [-0.2, 0) is 4.79 Å². The van der Waals surface area contributed by atoms with Gasteiger partial charge in [-0.1, -0.05) is 18.2 Å². The highest BCUT2D eigenvalue weighted by Crippen LogP contribution is 2.32. The summed E-state index contributed by atoms with van der Waals surface area (Å²) >= 11 is 1.15. The minimum absolute atomic E-state index is 0.178. The molecular formula is C18H15FN2O3S. The fraction of sp³-hybridized carbons (Fsp3) is 0.111. The van der Waals surface area contributed by atoms with E-state index in [4.69, 9.17) is 9.47 Å². The first kappa shape index (κ1) is 17.0. The van der Waals surface area contributed by atoms with E-state index in [1.807, 2.05) is 6.07 Å². The third kappa shape index (κ3) is 3.83. The standard InChI is InChI=1S/C18H15FN2O3S/c1-23-14-8-7-11(9-15(14)24-2)10-16-17(22)21-18(25-16)20-13-6-4-3-5-12(13)19/h3-10H,1-2H3,(H,20,21,22). The number of thioether (sulfide) groups is 1. The maximum Gasteiger partial charge on any atom is 0.264 e. The molecule has 1 saturated heterocycles. The molecule has 0 bridgehead atoms. The number of amidine groups is 1. The SMILES string of the molecule is COc1ccc(C=C2SC(=Nc3ccccc3F)NC2=O)cc1OC. The van der Waals surface area contributed by atoms with E-state index in [9.17, 15) is 9.18 Å². The molecule has 0 spiro atoms. The highest BCUT2D eigenvalue weighted by Gasteiger charge is 2.24. The zero-order valence-electron chi connectivity index (χ0n) is 13.6. The second-order valence-corrected chi connectivity index (χ2v) is 6.08. The summed E-state index contributed by atoms with van der Waals surface area (Å²) in [6, 6.07) is 11.5. The van der Waals surface area contributed by atoms with Gasteiger partial charge in [0.15, 0.2) is 16.7 Å². The van der Waals surface area contributed by atoms with Crippen molar-refractivity contribution >= 4 is 34.6 Å². The number of hydrogen-bond donors (Lipinski definition) is 1. The van der Waals surface area contributed by atoms with Crippen molar-refractivity contribution in [1.29, 1.82) is 0 Å². The first-order chi connectivity index (χ1) is 12.1. The van der Waals surface area contributed by atoms with Gasteiger partial charge in [0.25, 0.3) is 5.91 Å². The first-order valence-corrected chi connectivity index (χ1v) is 8.18. The topological polar surface area (TPSA) is 59.9 Å². The molecule has 0 aliphatic carbocycles. The normalized spacial score (nSPS) is 17.0. The number of amides is 1. The van der Waals surface area contributed by atoms with Crippen LogP contribution in [0.25, 0.3) is 6.08 Å². The van der Waals surface area contributed by atoms with Gasteiger partial charge >= 0.3 is 0 Å². The van der Waals surface area contributed by atoms with E-state index < -0.39 is 5.82 Å². The summed E-state index contributed by atoms with van der Waals surface area (Å²) in [7, 11) is 3.10. The predicted octanol–water partition coefficient (Wildman–Crippen LogP) is 3.73. The van der Waals surface area contributed by atoms with Crippen LogP contribution >= 0.6 is 11.8 Å². The average Bonchev–Trinajstić information content (AvgIpc) is 2.96. The van der Waals surface area contributed by atoms with Crippen LogP contribution in [-0.4, -0.2) is 25.3 Å². The number of nitrogens with one attached hydrogen (secondary N) is 1. The zero-order chi connectivity index (χ0) is 17.8. The number of methoxy groups -OCH3 is 2. The number of aliphatic imine (C=N–C) groups is 1. The molecule has 2 aromatic rings. The maximum atomic E-state index is 13.7. The smallest absolute Gasteiger partial charge is 0.264 e. The van der Waals surface area contributed by atoms with Crippen molar-refractivity contribution in [3.63, 3.8) is 0 Å². The molecule has 1 aliphatic heterocycles. The molecule has 1 amide bonds. The number of ether oxygens (including phenoxy) is 2. The molecule has 3 rings (SSSR count). The van der Waals surface area contributed by atoms with Crippen molar-refractivity contribution in [3.05, 3.63) is 58.8 Å². The molecule has 25 heavy (non-hydrogen) atoms. The number of para-hydroxylation sites is 1. The summed E-state index contributed by atoms with van der Waals surface area (Å²) in [5, 5.41) is 2.97. The van der Waals surface area contributed by atoms with Crippen LogP contribution in [0.5, 0.6) is 11.5 Å². The van der Waals surface area contributed by atoms with Gasteiger partial charge in [-0.15, -0.1) is 0 Å². The van der Waals surface area contributed by atoms with Crippen molar-refractivity contribution in [2.45, 2.75) is 0 Å². The fourth-order valence-corrected chi connectivity index (χ4v) is 3.06. The predicted molar refractivity (Wildman–Crippen MR) is 96.8 cm³/mol. The Morgan fingerprint density at radius 2 is 1.88 bits per heavy atom. The number of benzene rings is 2. The average molecular weight is 358 g/mol. The van der Waals surface area contributed by atoms with Gasteiger partial charge < -0.3 is 14.8 Å². The number of rotatable bonds is 4. The highest BCUT2D eigenvalue weighted by atomic mass is 32.2. The third-order valence-corrected chi connectivity index (χ3v) is 4.34. The molecule has 0 unspecified atom stereocenters. The van der Waals surface area contributed by atoms with Crippen LogP contribution in [0.4, 0.5) is 10.1 Å². The minimum atomic E-state index is -0.442. The van der Waals surface area contributed by atoms with Gasteiger partial charge in [-0.2, -0.15) is 0 Å². The Kier molecular flexibility index (Phi) is 5.04. The van der Waals surface area contributed by atoms with Crippen LogP contribution < -0.4 is 14.8 Å². The zero-order valence-corrected chi connectivity index (χ0v) is 14.4. The summed E-state index contributed by atoms with van der Waals surface area (Å²) in [5.41, 5.74) is 0.958. The Morgan fingerprint density at radius 1 is 1.12 bits per heavy atom. The summed E-state index contributed by atoms with van der Waals surface area (Å²) in [4.78, 5) is 16.7. The van der Waals surface area contributed by atoms with Crippen molar-refractivity contribution in [3.8, 4) is 11.5 Å². The molecule has 2 aromatic carbocycles. The third-order valence-electron chi connectivity index (χ3n) is 3.43. The van der Waals surface area contributed by atoms with Gasteiger partial charge in [-0.05, 0) is 47.7 Å². The second-order valence-electron chi connectivity index (χ2n) is 5.05. The van der Waals surface area contributed by atoms with E-state index >= 15 is 0 Å². The molecule has 1 N–H and O–H groups in total. The Morgan fingerprint density at radius 3 is 2.60 bits per heavy atom. The second kappa shape index (κ2) is 7.40. The van der Waals surface area contributed by atoms with Gasteiger partial charge in [0.05, 0.1) is 19.1 Å². The van der Waals surface area contributed by atoms with Crippen LogP contribution in [0.3, 0.4) is 0 Å². The summed E-state index contributed by atoms with van der Waals surface area (Å²) < 4.78 is 24.1. The van der Waals surface area contributed by atoms with E-state index in [-0.39, 0.29) is 11.6 Å². The molecule has 0 saturated carbocycles. The van der Waals surface area contributed by atoms with Gasteiger partial charge in [-0.25, -0.2) is 9.38 Å². The number of hydrogen-bond acceptors (Lipinski definition) is 5. The lowest BCUT2D eigenvalue weighted by Gasteiger charge is -2.07. The lowest BCUT2D eigenvalue weighted by molar-refractivity contribution is -0.115. The van der Waals surface area contributed by atoms with Gasteiger partial charge in [0, 0.05) is 0 Å². The van der Waals surface area contributed by atoms with E-state index in [1.54, 1.807) is 50.6 Å². The number of nitrogens with zero attached hydrogens (tertiary/aromatic N) is 1. The Labute approximate surface area is 148 Å². The summed E-state index contributed by atoms with van der Waals surface area (Å²) in [6.45, 7) is 0. The van der Waals surface area contributed by atoms with Gasteiger partial charge in [0.1, 0.15) is 11.5 Å². The molecule has 1 aliphatic rings. The lowest BCUT2D eigenvalue weighted by Crippen LogP contribution is -2.19. The molecule has 0 aromatic heterocycles. The van der Waals surface area contributed by atoms with Gasteiger partial charge in [-0.3, -0.25) is 4.79 Å². The molecule has 5 nitrogen and oxygen atoms in total. The largest absolute Gasteiger partial charge is 0.493 e. The van der Waals surface area contributed by atoms with E-state index in [0.29, 0.717) is 21.6 Å². The lowest BCUT2D eigenvalue weighted by atomic mass is 10.2. The molecule has 128 valence electrons. The molecule has 7 heteroatoms. The van der Waals surface area contributed by atoms with Gasteiger partial charge in [0.2, 0.25) is 0 Å². The number of carbonyl (C=O) groups is 1. The van der Waals surface area contributed by atoms with Crippen molar-refractivity contribution < 1.29 is 18.7 Å². The van der Waals surface area contributed by atoms with E-state index in [2.05, 4.69) is 10.3 Å². The van der Waals surface area contributed by atoms with E-state index in [1.165, 1.54) is 6.07 Å². The maximum absolute atomic E-state index is 13.7. The summed E-state index contributed by atoms with van der Waals surface area (Å²) in [5.74, 6) is 0.451. The van der Waals surface area contributed by atoms with Crippen molar-refractivity contribution in [1.82, 2.24) is 5.32 Å². The summed E-state index contributed by atoms with van der Waals surface area (Å²) in [6.07, 6.45) is 1.71. The first-order valence-electron chi connectivity index (χ1n) is 7.37. The quantitative estimate of drug-likeness (QED) is 0.846. The molecule has 1 fully saturated rings. The Balaban J connectivity index is 1.86. The highest BCUT2D eigenvalue weighted by molar-refractivity contribution is 8.18. The monoisotopic (exact) mass is 358 g/mol. The fourth-order valence-electron chi connectivity index (χ4n) is 2.23. The molecule has 1 heterocycles. The van der Waals surface area contributed by atoms with Crippen molar-refractivity contribution in [2.75, 3.05) is 14.2 Å². The Hall–Kier alpha value is -2.80. The number of halogens is 1. The Bertz CT molecular complexity index is 880. The van der Waals surface area contributed by atoms with Crippen LogP contribution in [0, 0.1) is 5.82 Å². The molecule has 0 atom stereocenters.